The molecule has 2 nitrogen and oxygen atoms in total. The van der Waals surface area contributed by atoms with Crippen molar-refractivity contribution >= 4 is 124 Å². The summed E-state index contributed by atoms with van der Waals surface area (Å²) in [4.78, 5) is 2.44. The lowest BCUT2D eigenvalue weighted by molar-refractivity contribution is 0.660. The van der Waals surface area contributed by atoms with Crippen LogP contribution in [0, 0.1) is 0 Å². The van der Waals surface area contributed by atoms with Crippen molar-refractivity contribution in [3.05, 3.63) is 223 Å². The summed E-state index contributed by atoms with van der Waals surface area (Å²) < 4.78 is 9.47. The highest BCUT2D eigenvalue weighted by Gasteiger charge is 2.36. The minimum atomic E-state index is -0.175. The van der Waals surface area contributed by atoms with Crippen LogP contribution in [0.5, 0.6) is 0 Å². The highest BCUT2D eigenvalue weighted by atomic mass is 32.1. The van der Waals surface area contributed by atoms with Crippen LogP contribution >= 0.6 is 11.3 Å². The SMILES string of the molecule is CC1(C)c2ccccc2-c2ccc(N(c3ccc4c(c3)c3ccccc3c3ccccc3c3ccccc3c3cc5sc6ccccc6c5cc43)c3cccc4c3oc3ccccc34)cc21. The predicted octanol–water partition coefficient (Wildman–Crippen LogP) is 18.6. The number of hydrogen-bond acceptors (Lipinski definition) is 3. The van der Waals surface area contributed by atoms with Gasteiger partial charge in [-0.2, -0.15) is 0 Å². The zero-order valence-corrected chi connectivity index (χ0v) is 37.3. The number of thiophene rings is 1. The summed E-state index contributed by atoms with van der Waals surface area (Å²) in [5.74, 6) is 0. The summed E-state index contributed by atoms with van der Waals surface area (Å²) in [5.41, 5.74) is 10.0. The van der Waals surface area contributed by atoms with Gasteiger partial charge in [0, 0.05) is 47.7 Å². The summed E-state index contributed by atoms with van der Waals surface area (Å²) in [5, 5.41) is 16.9. The number of fused-ring (bicyclic) bond motifs is 19. The monoisotopic (exact) mass is 859 g/mol. The van der Waals surface area contributed by atoms with E-state index in [4.69, 9.17) is 4.42 Å². The van der Waals surface area contributed by atoms with Crippen molar-refractivity contribution in [2.75, 3.05) is 4.90 Å². The first kappa shape index (κ1) is 37.4. The maximum atomic E-state index is 6.87. The first-order chi connectivity index (χ1) is 32.5. The molecule has 0 fully saturated rings. The number of furan rings is 1. The number of rotatable bonds is 3. The van der Waals surface area contributed by atoms with E-state index in [2.05, 4.69) is 231 Å². The average molecular weight is 860 g/mol. The van der Waals surface area contributed by atoms with Gasteiger partial charge in [0.2, 0.25) is 0 Å². The van der Waals surface area contributed by atoms with Crippen LogP contribution in [0.3, 0.4) is 0 Å². The highest BCUT2D eigenvalue weighted by Crippen LogP contribution is 2.52. The molecule has 11 aromatic carbocycles. The lowest BCUT2D eigenvalue weighted by Crippen LogP contribution is -2.16. The fourth-order valence-corrected chi connectivity index (χ4v) is 12.5. The summed E-state index contributed by atoms with van der Waals surface area (Å²) in [6, 6.07) is 78.8. The summed E-state index contributed by atoms with van der Waals surface area (Å²) in [6.45, 7) is 4.72. The molecule has 0 amide bonds. The van der Waals surface area contributed by atoms with Gasteiger partial charge >= 0.3 is 0 Å². The third kappa shape index (κ3) is 5.35. The first-order valence-corrected chi connectivity index (χ1v) is 23.6. The third-order valence-electron chi connectivity index (χ3n) is 14.5. The summed E-state index contributed by atoms with van der Waals surface area (Å²) >= 11 is 1.88. The maximum absolute atomic E-state index is 6.87. The fraction of sp³-hybridized carbons (Fsp3) is 0.0476. The largest absolute Gasteiger partial charge is 0.454 e. The Bertz CT molecular complexity index is 4280. The van der Waals surface area contributed by atoms with Crippen LogP contribution in [0.2, 0.25) is 0 Å². The number of nitrogens with zero attached hydrogens (tertiary/aromatic N) is 1. The Labute approximate surface area is 385 Å². The number of anilines is 3. The van der Waals surface area contributed by atoms with E-state index in [0.717, 1.165) is 39.0 Å². The molecular formula is C63H41NOS. The van der Waals surface area contributed by atoms with Crippen molar-refractivity contribution < 1.29 is 4.42 Å². The first-order valence-electron chi connectivity index (χ1n) is 22.8. The number of hydrogen-bond donors (Lipinski definition) is 0. The molecule has 310 valence electrons. The number of para-hydroxylation sites is 2. The van der Waals surface area contributed by atoms with Crippen molar-refractivity contribution in [2.24, 2.45) is 0 Å². The van der Waals surface area contributed by atoms with Gasteiger partial charge < -0.3 is 9.32 Å². The Morgan fingerprint density at radius 1 is 0.348 bits per heavy atom. The Kier molecular flexibility index (Phi) is 7.94. The zero-order valence-electron chi connectivity index (χ0n) is 36.5. The second-order valence-corrected chi connectivity index (χ2v) is 19.4. The van der Waals surface area contributed by atoms with Gasteiger partial charge in [0.05, 0.1) is 5.69 Å². The van der Waals surface area contributed by atoms with Crippen LogP contribution in [0.25, 0.3) is 107 Å². The minimum absolute atomic E-state index is 0.175. The smallest absolute Gasteiger partial charge is 0.159 e. The van der Waals surface area contributed by atoms with Crippen LogP contribution in [-0.4, -0.2) is 0 Å². The van der Waals surface area contributed by atoms with Gasteiger partial charge in [0.15, 0.2) is 5.58 Å². The standard InChI is InChI=1S/C63H41NOS/c1-63(2)56-26-12-9-22-47(56)48-33-31-39(35-57(48)63)64(58-27-15-25-51-49-23-10-13-28-59(49)65-62(51)58)38-30-32-46-52(34-38)44-20-7-5-18-42(44)40-16-3-4-17-41(40)43-19-6-8-21-45(43)54-37-61-55(36-53(46)54)50-24-11-14-29-60(50)66-61/h3-37H,1-2H3. The molecule has 0 N–H and O–H groups in total. The third-order valence-corrected chi connectivity index (χ3v) is 15.6. The molecule has 1 aliphatic rings. The van der Waals surface area contributed by atoms with Crippen LogP contribution in [0.4, 0.5) is 17.1 Å². The van der Waals surface area contributed by atoms with Crippen molar-refractivity contribution in [1.82, 2.24) is 0 Å². The van der Waals surface area contributed by atoms with E-state index in [9.17, 15) is 0 Å². The van der Waals surface area contributed by atoms with Gasteiger partial charge in [0.1, 0.15) is 5.58 Å². The molecule has 0 radical (unpaired) electrons. The highest BCUT2D eigenvalue weighted by molar-refractivity contribution is 7.25. The van der Waals surface area contributed by atoms with Crippen LogP contribution < -0.4 is 4.90 Å². The Morgan fingerprint density at radius 2 is 0.864 bits per heavy atom. The quantitative estimate of drug-likeness (QED) is 0.176. The average Bonchev–Trinajstić information content (AvgIpc) is 4.01. The molecule has 66 heavy (non-hydrogen) atoms. The van der Waals surface area contributed by atoms with Crippen molar-refractivity contribution in [1.29, 1.82) is 0 Å². The molecule has 14 rings (SSSR count). The van der Waals surface area contributed by atoms with Crippen molar-refractivity contribution in [2.45, 2.75) is 19.3 Å². The van der Waals surface area contributed by atoms with Crippen LogP contribution in [0.1, 0.15) is 25.0 Å². The van der Waals surface area contributed by atoms with E-state index in [-0.39, 0.29) is 5.41 Å². The second kappa shape index (κ2) is 14.0. The maximum Gasteiger partial charge on any atom is 0.159 e. The van der Waals surface area contributed by atoms with Gasteiger partial charge in [-0.1, -0.05) is 172 Å². The van der Waals surface area contributed by atoms with E-state index in [1.54, 1.807) is 0 Å². The van der Waals surface area contributed by atoms with E-state index in [0.29, 0.717) is 0 Å². The molecule has 0 aliphatic heterocycles. The van der Waals surface area contributed by atoms with E-state index in [1.165, 1.54) is 96.3 Å². The second-order valence-electron chi connectivity index (χ2n) is 18.3. The van der Waals surface area contributed by atoms with E-state index < -0.39 is 0 Å². The lowest BCUT2D eigenvalue weighted by atomic mass is 9.82. The topological polar surface area (TPSA) is 16.4 Å². The molecule has 0 spiro atoms. The van der Waals surface area contributed by atoms with Crippen LogP contribution in [0.15, 0.2) is 217 Å². The fourth-order valence-electron chi connectivity index (χ4n) is 11.4. The molecule has 0 atom stereocenters. The summed E-state index contributed by atoms with van der Waals surface area (Å²) in [7, 11) is 0. The van der Waals surface area contributed by atoms with Gasteiger partial charge in [-0.25, -0.2) is 0 Å². The molecule has 0 saturated heterocycles. The van der Waals surface area contributed by atoms with E-state index in [1.807, 2.05) is 11.3 Å². The molecule has 2 heterocycles. The van der Waals surface area contributed by atoms with Crippen LogP contribution in [-0.2, 0) is 5.41 Å². The normalized spacial score (nSPS) is 13.1. The molecule has 0 unspecified atom stereocenters. The number of benzene rings is 10. The van der Waals surface area contributed by atoms with E-state index >= 15 is 0 Å². The molecule has 2 aromatic heterocycles. The van der Waals surface area contributed by atoms with Gasteiger partial charge in [-0.05, 0) is 131 Å². The minimum Gasteiger partial charge on any atom is -0.454 e. The lowest BCUT2D eigenvalue weighted by Gasteiger charge is -2.28. The molecule has 0 bridgehead atoms. The summed E-state index contributed by atoms with van der Waals surface area (Å²) in [6.07, 6.45) is 0. The van der Waals surface area contributed by atoms with Crippen molar-refractivity contribution in [3.8, 4) is 11.1 Å². The zero-order chi connectivity index (χ0) is 43.7. The molecule has 0 saturated carbocycles. The Morgan fingerprint density at radius 3 is 1.59 bits per heavy atom. The van der Waals surface area contributed by atoms with Crippen molar-refractivity contribution in [3.63, 3.8) is 0 Å². The van der Waals surface area contributed by atoms with Gasteiger partial charge in [-0.15, -0.1) is 11.3 Å². The molecule has 13 aromatic rings. The van der Waals surface area contributed by atoms with Gasteiger partial charge in [-0.3, -0.25) is 0 Å². The Balaban J connectivity index is 1.16. The predicted molar refractivity (Wildman–Crippen MR) is 284 cm³/mol. The molecule has 3 heteroatoms. The molecule has 1 aliphatic carbocycles. The van der Waals surface area contributed by atoms with Gasteiger partial charge in [0.25, 0.3) is 0 Å². The Hall–Kier alpha value is -7.98. The molecular weight excluding hydrogens is 819 g/mol.